The molecule has 3 N–H and O–H groups in total. The number of hydrogen-bond acceptors (Lipinski definition) is 7. The van der Waals surface area contributed by atoms with E-state index >= 15 is 0 Å². The Morgan fingerprint density at radius 1 is 0.894 bits per heavy atom. The van der Waals surface area contributed by atoms with Crippen molar-refractivity contribution < 1.29 is 27.0 Å². The van der Waals surface area contributed by atoms with E-state index in [9.17, 15) is 23.3 Å². The Morgan fingerprint density at radius 3 is 1.83 bits per heavy atom. The van der Waals surface area contributed by atoms with Crippen LogP contribution in [0.15, 0.2) is 0 Å². The first-order valence-electron chi connectivity index (χ1n) is 17.1. The van der Waals surface area contributed by atoms with E-state index in [1.54, 1.807) is 0 Å². The molecule has 0 saturated heterocycles. The molecule has 0 rings (SSSR count). The summed E-state index contributed by atoms with van der Waals surface area (Å²) in [6, 6.07) is 2.47. The molecule has 9 nitrogen and oxygen atoms in total. The summed E-state index contributed by atoms with van der Waals surface area (Å²) < 4.78 is 31.2. The molecule has 0 fully saturated rings. The Hall–Kier alpha value is -1.00. The van der Waals surface area contributed by atoms with E-state index in [4.69, 9.17) is 17.2 Å². The maximum Gasteiger partial charge on any atom is 0.265 e. The van der Waals surface area contributed by atoms with Crippen LogP contribution in [0.1, 0.15) is 115 Å². The number of carbonyl (C=O) groups is 2. The van der Waals surface area contributed by atoms with E-state index in [1.165, 1.54) is 0 Å². The number of quaternary nitrogens is 1. The summed E-state index contributed by atoms with van der Waals surface area (Å²) in [6.45, 7) is 24.8. The van der Waals surface area contributed by atoms with Crippen molar-refractivity contribution in [2.75, 3.05) is 51.8 Å². The number of carbonyl (C=O) groups excluding carboxylic acids is 2. The first-order chi connectivity index (χ1) is 21.1. The first kappa shape index (κ1) is 46.0. The van der Waals surface area contributed by atoms with Crippen molar-refractivity contribution in [3.8, 4) is 6.07 Å². The second-order valence-corrected chi connectivity index (χ2v) is 19.7. The second kappa shape index (κ2) is 17.3. The van der Waals surface area contributed by atoms with Gasteiger partial charge in [-0.1, -0.05) is 54.9 Å². The van der Waals surface area contributed by atoms with Crippen molar-refractivity contribution in [3.05, 3.63) is 0 Å². The van der Waals surface area contributed by atoms with Gasteiger partial charge in [0.2, 0.25) is 11.8 Å². The van der Waals surface area contributed by atoms with Crippen LogP contribution in [0.3, 0.4) is 0 Å². The smallest absolute Gasteiger partial charge is 0.265 e. The molecule has 0 heterocycles. The van der Waals surface area contributed by atoms with E-state index in [2.05, 4.69) is 64.0 Å². The van der Waals surface area contributed by atoms with E-state index in [0.717, 1.165) is 13.0 Å². The minimum Gasteiger partial charge on any atom is -0.355 e. The maximum absolute atomic E-state index is 14.2. The van der Waals surface area contributed by atoms with Gasteiger partial charge in [-0.3, -0.25) is 14.1 Å². The third-order valence-electron chi connectivity index (χ3n) is 12.0. The molecule has 0 aliphatic rings. The lowest BCUT2D eigenvalue weighted by Gasteiger charge is -2.57. The number of amides is 2. The third-order valence-corrected chi connectivity index (χ3v) is 13.8. The molecule has 0 saturated carbocycles. The van der Waals surface area contributed by atoms with Gasteiger partial charge in [-0.05, 0) is 63.7 Å². The molecule has 2 amide bonds. The topological polar surface area (TPSA) is 136 Å². The predicted octanol–water partition coefficient (Wildman–Crippen LogP) is 6.41. The Kier molecular flexibility index (Phi) is 16.9. The summed E-state index contributed by atoms with van der Waals surface area (Å²) in [6.07, 6.45) is 3.45. The number of nitrogens with zero attached hydrogens (tertiary/aromatic N) is 2. The fourth-order valence-electron chi connectivity index (χ4n) is 6.94. The minimum absolute atomic E-state index is 0.0227. The fraction of sp³-hybridized carbons (Fsp3) is 0.914. The number of hydrogen-bond donors (Lipinski definition) is 5. The molecule has 276 valence electrons. The van der Waals surface area contributed by atoms with Gasteiger partial charge in [-0.2, -0.15) is 38.9 Å². The van der Waals surface area contributed by atoms with Crippen LogP contribution in [0.2, 0.25) is 0 Å². The SMILES string of the molecule is CCC(CC(C)(C(=O)NCCS)C(C)(C)C(C)(C)CC(C)(C(=O)NCCC[N+](C)(C)CCCS(=O)(=O)O)C(C)(S)CC)C(C)(C)C#N. The van der Waals surface area contributed by atoms with E-state index in [0.29, 0.717) is 62.0 Å². The predicted molar refractivity (Wildman–Crippen MR) is 201 cm³/mol. The summed E-state index contributed by atoms with van der Waals surface area (Å²) in [5.41, 5.74) is -3.55. The van der Waals surface area contributed by atoms with Gasteiger partial charge in [0.25, 0.3) is 10.1 Å². The molecule has 0 radical (unpaired) electrons. The van der Waals surface area contributed by atoms with Gasteiger partial charge in [-0.25, -0.2) is 0 Å². The monoisotopic (exact) mass is 721 g/mol. The highest BCUT2D eigenvalue weighted by Gasteiger charge is 2.59. The highest BCUT2D eigenvalue weighted by atomic mass is 32.2. The van der Waals surface area contributed by atoms with Crippen LogP contribution < -0.4 is 10.6 Å². The van der Waals surface area contributed by atoms with E-state index in [1.807, 2.05) is 55.6 Å². The van der Waals surface area contributed by atoms with Crippen LogP contribution in [0.4, 0.5) is 0 Å². The molecule has 0 aromatic rings. The van der Waals surface area contributed by atoms with Gasteiger partial charge < -0.3 is 15.1 Å². The Labute approximate surface area is 299 Å². The van der Waals surface area contributed by atoms with Gasteiger partial charge >= 0.3 is 0 Å². The zero-order valence-corrected chi connectivity index (χ0v) is 34.4. The van der Waals surface area contributed by atoms with Crippen LogP contribution in [-0.2, 0) is 19.7 Å². The van der Waals surface area contributed by atoms with E-state index < -0.39 is 41.9 Å². The minimum atomic E-state index is -3.99. The number of rotatable bonds is 22. The van der Waals surface area contributed by atoms with Gasteiger partial charge in [0, 0.05) is 36.4 Å². The van der Waals surface area contributed by atoms with Gasteiger partial charge in [0.05, 0.1) is 55.3 Å². The Morgan fingerprint density at radius 2 is 1.38 bits per heavy atom. The van der Waals surface area contributed by atoms with E-state index in [-0.39, 0.29) is 23.5 Å². The zero-order chi connectivity index (χ0) is 37.3. The summed E-state index contributed by atoms with van der Waals surface area (Å²) in [4.78, 5) is 28.4. The number of thiol groups is 2. The van der Waals surface area contributed by atoms with Crippen LogP contribution >= 0.6 is 25.3 Å². The molecule has 0 aliphatic heterocycles. The lowest BCUT2D eigenvalue weighted by Crippen LogP contribution is -2.59. The first-order valence-corrected chi connectivity index (χ1v) is 19.8. The van der Waals surface area contributed by atoms with Crippen LogP contribution in [0.5, 0.6) is 0 Å². The van der Waals surface area contributed by atoms with Crippen molar-refractivity contribution in [1.82, 2.24) is 10.6 Å². The van der Waals surface area contributed by atoms with Crippen molar-refractivity contribution in [2.45, 2.75) is 119 Å². The van der Waals surface area contributed by atoms with Crippen molar-refractivity contribution in [2.24, 2.45) is 33.0 Å². The van der Waals surface area contributed by atoms with Crippen LogP contribution in [0.25, 0.3) is 0 Å². The van der Waals surface area contributed by atoms with Crippen LogP contribution in [0, 0.1) is 44.3 Å². The molecule has 0 aliphatic carbocycles. The molecule has 4 atom stereocenters. The highest BCUT2D eigenvalue weighted by molar-refractivity contribution is 7.85. The molecule has 0 spiro atoms. The summed E-state index contributed by atoms with van der Waals surface area (Å²) in [5, 5.41) is 16.3. The highest BCUT2D eigenvalue weighted by Crippen LogP contribution is 2.61. The third kappa shape index (κ3) is 12.1. The Balaban J connectivity index is 6.42. The fourth-order valence-corrected chi connectivity index (χ4v) is 7.72. The normalized spacial score (nSPS) is 17.9. The summed E-state index contributed by atoms with van der Waals surface area (Å²) in [7, 11) is 0.0252. The summed E-state index contributed by atoms with van der Waals surface area (Å²) >= 11 is 9.41. The standard InChI is InChI=1S/C35H68N4O5S3/c1-14-27(30(3,4)26-36)24-33(9,28(40)38-19-22-45)32(7,8)31(5,6)25-34(10,35(11,46)15-2)29(41)37-18-16-20-39(12,13)21-17-23-47(42,43)44/h27H,14-25H2,1-13H3,(H4-,37,38,40,41,42,43,44,45,46)/p+1. The van der Waals surface area contributed by atoms with Gasteiger partial charge in [0.15, 0.2) is 0 Å². The molecule has 0 aromatic heterocycles. The number of nitriles is 1. The van der Waals surface area contributed by atoms with Gasteiger partial charge in [0.1, 0.15) is 0 Å². The average Bonchev–Trinajstić information content (AvgIpc) is 2.94. The molecule has 4 unspecified atom stereocenters. The number of nitrogens with one attached hydrogen (secondary N) is 2. The molecule has 0 bridgehead atoms. The van der Waals surface area contributed by atoms with Crippen LogP contribution in [-0.4, -0.2) is 85.8 Å². The second-order valence-electron chi connectivity index (χ2n) is 16.7. The molecular weight excluding hydrogens is 653 g/mol. The van der Waals surface area contributed by atoms with Gasteiger partial charge in [-0.15, -0.1) is 0 Å². The van der Waals surface area contributed by atoms with Crippen molar-refractivity contribution >= 4 is 47.2 Å². The molecule has 0 aromatic carbocycles. The maximum atomic E-state index is 14.2. The molecular formula is C35H69N4O5S3+. The average molecular weight is 722 g/mol. The lowest BCUT2D eigenvalue weighted by molar-refractivity contribution is -0.890. The summed E-state index contributed by atoms with van der Waals surface area (Å²) in [5.74, 6) is 0.0731. The lowest BCUT2D eigenvalue weighted by atomic mass is 9.47. The zero-order valence-electron chi connectivity index (χ0n) is 31.8. The largest absolute Gasteiger partial charge is 0.355 e. The quantitative estimate of drug-likeness (QED) is 0.0380. The Bertz CT molecular complexity index is 1190. The molecule has 12 heteroatoms. The molecule has 47 heavy (non-hydrogen) atoms. The van der Waals surface area contributed by atoms with Crippen molar-refractivity contribution in [3.63, 3.8) is 0 Å². The van der Waals surface area contributed by atoms with Crippen molar-refractivity contribution in [1.29, 1.82) is 5.26 Å².